The quantitative estimate of drug-likeness (QED) is 0.797. The third-order valence-corrected chi connectivity index (χ3v) is 2.98. The summed E-state index contributed by atoms with van der Waals surface area (Å²) in [5, 5.41) is 3.18. The van der Waals surface area contributed by atoms with Crippen molar-refractivity contribution >= 4 is 0 Å². The van der Waals surface area contributed by atoms with Crippen molar-refractivity contribution in [1.29, 1.82) is 0 Å². The molecule has 0 heterocycles. The number of aryl methyl sites for hydroxylation is 1. The van der Waals surface area contributed by atoms with Crippen LogP contribution in [0.5, 0.6) is 5.75 Å². The van der Waals surface area contributed by atoms with E-state index in [2.05, 4.69) is 38.2 Å². The van der Waals surface area contributed by atoms with Gasteiger partial charge in [0.05, 0.1) is 6.61 Å². The van der Waals surface area contributed by atoms with Crippen LogP contribution in [0, 0.1) is 19.8 Å². The fraction of sp³-hybridized carbons (Fsp3) is 0.571. The SMILES string of the molecule is CNCC(C)CCOc1cccc(C)c1C. The maximum atomic E-state index is 5.81. The zero-order valence-corrected chi connectivity index (χ0v) is 10.8. The number of nitrogens with one attached hydrogen (secondary N) is 1. The maximum absolute atomic E-state index is 5.81. The molecule has 0 spiro atoms. The van der Waals surface area contributed by atoms with Gasteiger partial charge < -0.3 is 10.1 Å². The van der Waals surface area contributed by atoms with E-state index in [4.69, 9.17) is 4.74 Å². The van der Waals surface area contributed by atoms with E-state index < -0.39 is 0 Å². The lowest BCUT2D eigenvalue weighted by molar-refractivity contribution is 0.280. The minimum atomic E-state index is 0.662. The highest BCUT2D eigenvalue weighted by Gasteiger charge is 2.04. The first-order valence-corrected chi connectivity index (χ1v) is 5.98. The van der Waals surface area contributed by atoms with Crippen LogP contribution >= 0.6 is 0 Å². The van der Waals surface area contributed by atoms with Crippen LogP contribution in [0.4, 0.5) is 0 Å². The maximum Gasteiger partial charge on any atom is 0.122 e. The van der Waals surface area contributed by atoms with Crippen molar-refractivity contribution in [2.45, 2.75) is 27.2 Å². The van der Waals surface area contributed by atoms with E-state index in [1.54, 1.807) is 0 Å². The van der Waals surface area contributed by atoms with E-state index in [0.29, 0.717) is 5.92 Å². The molecule has 0 radical (unpaired) electrons. The molecule has 1 unspecified atom stereocenters. The molecule has 1 atom stereocenters. The first-order valence-electron chi connectivity index (χ1n) is 5.98. The van der Waals surface area contributed by atoms with Crippen LogP contribution in [-0.2, 0) is 0 Å². The summed E-state index contributed by atoms with van der Waals surface area (Å²) in [7, 11) is 1.99. The van der Waals surface area contributed by atoms with Crippen LogP contribution < -0.4 is 10.1 Å². The van der Waals surface area contributed by atoms with E-state index in [0.717, 1.165) is 25.3 Å². The van der Waals surface area contributed by atoms with E-state index in [-0.39, 0.29) is 0 Å². The standard InChI is InChI=1S/C14H23NO/c1-11(10-15-4)8-9-16-14-7-5-6-12(2)13(14)3/h5-7,11,15H,8-10H2,1-4H3. The Morgan fingerprint density at radius 1 is 1.31 bits per heavy atom. The van der Waals surface area contributed by atoms with Crippen molar-refractivity contribution in [2.75, 3.05) is 20.2 Å². The lowest BCUT2D eigenvalue weighted by atomic mass is 10.1. The average molecular weight is 221 g/mol. The van der Waals surface area contributed by atoms with Crippen LogP contribution in [0.1, 0.15) is 24.5 Å². The van der Waals surface area contributed by atoms with Gasteiger partial charge in [-0.25, -0.2) is 0 Å². The predicted octanol–water partition coefficient (Wildman–Crippen LogP) is 2.93. The number of rotatable bonds is 6. The van der Waals surface area contributed by atoms with Crippen molar-refractivity contribution < 1.29 is 4.74 Å². The van der Waals surface area contributed by atoms with Gasteiger partial charge in [0, 0.05) is 0 Å². The Balaban J connectivity index is 2.40. The first kappa shape index (κ1) is 13.0. The molecule has 0 saturated carbocycles. The highest BCUT2D eigenvalue weighted by molar-refractivity contribution is 5.38. The Labute approximate surface area is 99.0 Å². The van der Waals surface area contributed by atoms with Gasteiger partial charge in [0.25, 0.3) is 0 Å². The van der Waals surface area contributed by atoms with E-state index in [9.17, 15) is 0 Å². The smallest absolute Gasteiger partial charge is 0.122 e. The van der Waals surface area contributed by atoms with Crippen LogP contribution in [-0.4, -0.2) is 20.2 Å². The molecule has 90 valence electrons. The minimum Gasteiger partial charge on any atom is -0.493 e. The van der Waals surface area contributed by atoms with Crippen molar-refractivity contribution in [3.8, 4) is 5.75 Å². The van der Waals surface area contributed by atoms with Crippen LogP contribution in [0.3, 0.4) is 0 Å². The van der Waals surface area contributed by atoms with E-state index in [1.807, 2.05) is 13.1 Å². The zero-order chi connectivity index (χ0) is 12.0. The number of hydrogen-bond acceptors (Lipinski definition) is 2. The zero-order valence-electron chi connectivity index (χ0n) is 10.8. The Morgan fingerprint density at radius 2 is 2.06 bits per heavy atom. The van der Waals surface area contributed by atoms with Crippen LogP contribution in [0.2, 0.25) is 0 Å². The largest absolute Gasteiger partial charge is 0.493 e. The van der Waals surface area contributed by atoms with Gasteiger partial charge in [-0.15, -0.1) is 0 Å². The van der Waals surface area contributed by atoms with Crippen molar-refractivity contribution in [1.82, 2.24) is 5.32 Å². The van der Waals surface area contributed by atoms with E-state index >= 15 is 0 Å². The fourth-order valence-electron chi connectivity index (χ4n) is 1.70. The van der Waals surface area contributed by atoms with Gasteiger partial charge in [0.1, 0.15) is 5.75 Å². The molecule has 2 nitrogen and oxygen atoms in total. The Hall–Kier alpha value is -1.02. The second-order valence-corrected chi connectivity index (χ2v) is 4.50. The third-order valence-electron chi connectivity index (χ3n) is 2.98. The van der Waals surface area contributed by atoms with Gasteiger partial charge in [-0.05, 0) is 57.0 Å². The molecule has 16 heavy (non-hydrogen) atoms. The summed E-state index contributed by atoms with van der Waals surface area (Å²) in [6.07, 6.45) is 1.09. The van der Waals surface area contributed by atoms with E-state index in [1.165, 1.54) is 11.1 Å². The topological polar surface area (TPSA) is 21.3 Å². The third kappa shape index (κ3) is 3.86. The lowest BCUT2D eigenvalue weighted by Gasteiger charge is -2.13. The summed E-state index contributed by atoms with van der Waals surface area (Å²) in [5.74, 6) is 1.69. The van der Waals surface area contributed by atoms with Gasteiger partial charge in [-0.1, -0.05) is 19.1 Å². The summed E-state index contributed by atoms with van der Waals surface area (Å²) >= 11 is 0. The summed E-state index contributed by atoms with van der Waals surface area (Å²) in [4.78, 5) is 0. The first-order chi connectivity index (χ1) is 7.65. The normalized spacial score (nSPS) is 12.5. The fourth-order valence-corrected chi connectivity index (χ4v) is 1.70. The molecular formula is C14H23NO. The number of ether oxygens (including phenoxy) is 1. The summed E-state index contributed by atoms with van der Waals surface area (Å²) in [6, 6.07) is 6.21. The summed E-state index contributed by atoms with van der Waals surface area (Å²) in [6.45, 7) is 8.32. The molecule has 1 rings (SSSR count). The summed E-state index contributed by atoms with van der Waals surface area (Å²) < 4.78 is 5.81. The van der Waals surface area contributed by atoms with Gasteiger partial charge in [0.2, 0.25) is 0 Å². The molecule has 0 fully saturated rings. The molecule has 0 bridgehead atoms. The van der Waals surface area contributed by atoms with Crippen molar-refractivity contribution in [3.63, 3.8) is 0 Å². The Morgan fingerprint density at radius 3 is 2.75 bits per heavy atom. The summed E-state index contributed by atoms with van der Waals surface area (Å²) in [5.41, 5.74) is 2.55. The molecule has 0 aromatic heterocycles. The molecule has 0 aliphatic carbocycles. The van der Waals surface area contributed by atoms with Gasteiger partial charge in [-0.3, -0.25) is 0 Å². The minimum absolute atomic E-state index is 0.662. The molecule has 1 aromatic carbocycles. The van der Waals surface area contributed by atoms with Crippen molar-refractivity contribution in [3.05, 3.63) is 29.3 Å². The lowest BCUT2D eigenvalue weighted by Crippen LogP contribution is -2.18. The average Bonchev–Trinajstić information content (AvgIpc) is 2.25. The second kappa shape index (κ2) is 6.54. The molecule has 0 amide bonds. The molecular weight excluding hydrogens is 198 g/mol. The monoisotopic (exact) mass is 221 g/mol. The van der Waals surface area contributed by atoms with Crippen LogP contribution in [0.15, 0.2) is 18.2 Å². The van der Waals surface area contributed by atoms with Gasteiger partial charge >= 0.3 is 0 Å². The Kier molecular flexibility index (Phi) is 5.33. The molecule has 0 saturated heterocycles. The molecule has 1 aromatic rings. The molecule has 2 heteroatoms. The second-order valence-electron chi connectivity index (χ2n) is 4.50. The molecule has 0 aliphatic rings. The highest BCUT2D eigenvalue weighted by atomic mass is 16.5. The predicted molar refractivity (Wildman–Crippen MR) is 69.1 cm³/mol. The number of benzene rings is 1. The Bertz CT molecular complexity index is 323. The molecule has 0 aliphatic heterocycles. The van der Waals surface area contributed by atoms with Crippen molar-refractivity contribution in [2.24, 2.45) is 5.92 Å². The van der Waals surface area contributed by atoms with Crippen LogP contribution in [0.25, 0.3) is 0 Å². The van der Waals surface area contributed by atoms with Gasteiger partial charge in [-0.2, -0.15) is 0 Å². The highest BCUT2D eigenvalue weighted by Crippen LogP contribution is 2.20. The van der Waals surface area contributed by atoms with Gasteiger partial charge in [0.15, 0.2) is 0 Å². The number of hydrogen-bond donors (Lipinski definition) is 1. The molecule has 1 N–H and O–H groups in total.